The lowest BCUT2D eigenvalue weighted by Crippen LogP contribution is -2.09. The number of methoxy groups -OCH3 is 1. The molecule has 1 heterocycles. The van der Waals surface area contributed by atoms with Crippen molar-refractivity contribution in [2.24, 2.45) is 0 Å². The third-order valence-corrected chi connectivity index (χ3v) is 2.86. The molecule has 0 aliphatic rings. The van der Waals surface area contributed by atoms with E-state index in [1.807, 2.05) is 24.3 Å². The van der Waals surface area contributed by atoms with Crippen molar-refractivity contribution in [2.75, 3.05) is 12.4 Å². The van der Waals surface area contributed by atoms with Gasteiger partial charge in [-0.25, -0.2) is 4.98 Å². The largest absolute Gasteiger partial charge is 0.497 e. The summed E-state index contributed by atoms with van der Waals surface area (Å²) >= 11 is 3.17. The van der Waals surface area contributed by atoms with Gasteiger partial charge in [0.25, 0.3) is 5.56 Å². The molecule has 0 saturated carbocycles. The number of hydrogen-bond donors (Lipinski definition) is 2. The Balaban J connectivity index is 2.31. The lowest BCUT2D eigenvalue weighted by atomic mass is 10.3. The van der Waals surface area contributed by atoms with Gasteiger partial charge < -0.3 is 15.0 Å². The van der Waals surface area contributed by atoms with Crippen molar-refractivity contribution < 1.29 is 4.74 Å². The van der Waals surface area contributed by atoms with Gasteiger partial charge in [-0.2, -0.15) is 0 Å². The Bertz CT molecular complexity index is 583. The molecule has 0 bridgehead atoms. The Morgan fingerprint density at radius 3 is 3.06 bits per heavy atom. The molecule has 2 N–H and O–H groups in total. The van der Waals surface area contributed by atoms with Crippen LogP contribution in [0.1, 0.15) is 0 Å². The van der Waals surface area contributed by atoms with Crippen molar-refractivity contribution in [3.8, 4) is 5.75 Å². The Kier molecular flexibility index (Phi) is 3.43. The van der Waals surface area contributed by atoms with Crippen LogP contribution in [-0.4, -0.2) is 17.1 Å². The maximum atomic E-state index is 11.3. The molecule has 17 heavy (non-hydrogen) atoms. The van der Waals surface area contributed by atoms with E-state index in [4.69, 9.17) is 4.74 Å². The quantitative estimate of drug-likeness (QED) is 0.912. The van der Waals surface area contributed by atoms with Crippen LogP contribution in [0, 0.1) is 0 Å². The number of benzene rings is 1. The molecule has 0 aliphatic carbocycles. The molecule has 1 aromatic carbocycles. The van der Waals surface area contributed by atoms with Crippen molar-refractivity contribution in [1.29, 1.82) is 0 Å². The minimum atomic E-state index is -0.231. The standard InChI is InChI=1S/C11H10BrN3O2/c1-17-8-4-2-3-7(5-8)15-10-9(12)11(16)14-6-13-10/h2-6H,1H3,(H2,13,14,15,16). The van der Waals surface area contributed by atoms with Gasteiger partial charge >= 0.3 is 0 Å². The van der Waals surface area contributed by atoms with Crippen LogP contribution in [0.15, 0.2) is 39.9 Å². The second-order valence-electron chi connectivity index (χ2n) is 3.25. The number of hydrogen-bond acceptors (Lipinski definition) is 4. The fourth-order valence-corrected chi connectivity index (χ4v) is 1.62. The first-order valence-corrected chi connectivity index (χ1v) is 5.64. The normalized spacial score (nSPS) is 10.0. The molecule has 2 rings (SSSR count). The maximum absolute atomic E-state index is 11.3. The molecule has 6 heteroatoms. The van der Waals surface area contributed by atoms with Gasteiger partial charge in [0.15, 0.2) is 5.82 Å². The van der Waals surface area contributed by atoms with Crippen LogP contribution in [0.5, 0.6) is 5.75 Å². The molecule has 0 unspecified atom stereocenters. The van der Waals surface area contributed by atoms with E-state index < -0.39 is 0 Å². The molecule has 0 amide bonds. The molecule has 0 atom stereocenters. The van der Waals surface area contributed by atoms with Crippen LogP contribution in [0.2, 0.25) is 0 Å². The van der Waals surface area contributed by atoms with Crippen LogP contribution >= 0.6 is 15.9 Å². The number of nitrogens with one attached hydrogen (secondary N) is 2. The zero-order valence-corrected chi connectivity index (χ0v) is 10.6. The van der Waals surface area contributed by atoms with Gasteiger partial charge in [-0.1, -0.05) is 6.07 Å². The molecule has 1 aromatic heterocycles. The molecule has 0 radical (unpaired) electrons. The summed E-state index contributed by atoms with van der Waals surface area (Å²) in [6.45, 7) is 0. The summed E-state index contributed by atoms with van der Waals surface area (Å²) < 4.78 is 5.47. The minimum absolute atomic E-state index is 0.231. The Morgan fingerprint density at radius 1 is 1.47 bits per heavy atom. The zero-order chi connectivity index (χ0) is 12.3. The summed E-state index contributed by atoms with van der Waals surface area (Å²) in [5.41, 5.74) is 0.563. The van der Waals surface area contributed by atoms with Crippen LogP contribution in [0.4, 0.5) is 11.5 Å². The average molecular weight is 296 g/mol. The van der Waals surface area contributed by atoms with Crippen LogP contribution in [-0.2, 0) is 0 Å². The predicted octanol–water partition coefficient (Wildman–Crippen LogP) is 2.28. The lowest BCUT2D eigenvalue weighted by molar-refractivity contribution is 0.415. The molecule has 0 spiro atoms. The fraction of sp³-hybridized carbons (Fsp3) is 0.0909. The van der Waals surface area contributed by atoms with E-state index in [1.54, 1.807) is 7.11 Å². The van der Waals surface area contributed by atoms with Gasteiger partial charge in [0, 0.05) is 11.8 Å². The predicted molar refractivity (Wildman–Crippen MR) is 68.8 cm³/mol. The van der Waals surface area contributed by atoms with E-state index in [0.29, 0.717) is 10.3 Å². The molecule has 88 valence electrons. The first-order chi connectivity index (χ1) is 8.20. The second kappa shape index (κ2) is 5.01. The van der Waals surface area contributed by atoms with E-state index in [9.17, 15) is 4.79 Å². The highest BCUT2D eigenvalue weighted by Gasteiger charge is 2.05. The van der Waals surface area contributed by atoms with Gasteiger partial charge in [-0.3, -0.25) is 4.79 Å². The Morgan fingerprint density at radius 2 is 2.29 bits per heavy atom. The highest BCUT2D eigenvalue weighted by molar-refractivity contribution is 9.10. The first kappa shape index (κ1) is 11.7. The summed E-state index contributed by atoms with van der Waals surface area (Å²) in [5, 5.41) is 3.03. The fourth-order valence-electron chi connectivity index (χ4n) is 1.31. The number of anilines is 2. The highest BCUT2D eigenvalue weighted by Crippen LogP contribution is 2.22. The number of rotatable bonds is 3. The third kappa shape index (κ3) is 2.65. The third-order valence-electron chi connectivity index (χ3n) is 2.13. The van der Waals surface area contributed by atoms with E-state index in [2.05, 4.69) is 31.2 Å². The van der Waals surface area contributed by atoms with Gasteiger partial charge in [0.2, 0.25) is 0 Å². The van der Waals surface area contributed by atoms with E-state index in [1.165, 1.54) is 6.33 Å². The Labute approximate surface area is 106 Å². The number of aromatic amines is 1. The van der Waals surface area contributed by atoms with Crippen LogP contribution < -0.4 is 15.6 Å². The van der Waals surface area contributed by atoms with Crippen molar-refractivity contribution in [3.05, 3.63) is 45.4 Å². The van der Waals surface area contributed by atoms with Crippen molar-refractivity contribution in [3.63, 3.8) is 0 Å². The van der Waals surface area contributed by atoms with Gasteiger partial charge in [-0.15, -0.1) is 0 Å². The number of nitrogens with zero attached hydrogens (tertiary/aromatic N) is 1. The summed E-state index contributed by atoms with van der Waals surface area (Å²) in [4.78, 5) is 17.9. The number of aromatic nitrogens is 2. The monoisotopic (exact) mass is 295 g/mol. The maximum Gasteiger partial charge on any atom is 0.267 e. The molecule has 0 saturated heterocycles. The zero-order valence-electron chi connectivity index (χ0n) is 9.03. The second-order valence-corrected chi connectivity index (χ2v) is 4.04. The average Bonchev–Trinajstić information content (AvgIpc) is 2.35. The Hall–Kier alpha value is -1.82. The smallest absolute Gasteiger partial charge is 0.267 e. The van der Waals surface area contributed by atoms with Gasteiger partial charge in [0.05, 0.1) is 13.4 Å². The van der Waals surface area contributed by atoms with Gasteiger partial charge in [0.1, 0.15) is 10.2 Å². The highest BCUT2D eigenvalue weighted by atomic mass is 79.9. The SMILES string of the molecule is COc1cccc(Nc2nc[nH]c(=O)c2Br)c1. The van der Waals surface area contributed by atoms with Crippen LogP contribution in [0.25, 0.3) is 0 Å². The molecule has 2 aromatic rings. The topological polar surface area (TPSA) is 67.0 Å². The number of ether oxygens (including phenoxy) is 1. The summed E-state index contributed by atoms with van der Waals surface area (Å²) in [6, 6.07) is 7.36. The van der Waals surface area contributed by atoms with E-state index in [0.717, 1.165) is 11.4 Å². The number of H-pyrrole nitrogens is 1. The number of halogens is 1. The molecular formula is C11H10BrN3O2. The molecular weight excluding hydrogens is 286 g/mol. The minimum Gasteiger partial charge on any atom is -0.497 e. The van der Waals surface area contributed by atoms with Crippen molar-refractivity contribution >= 4 is 27.4 Å². The lowest BCUT2D eigenvalue weighted by Gasteiger charge is -2.07. The molecule has 5 nitrogen and oxygen atoms in total. The summed E-state index contributed by atoms with van der Waals surface area (Å²) in [5.74, 6) is 1.19. The van der Waals surface area contributed by atoms with Crippen molar-refractivity contribution in [1.82, 2.24) is 9.97 Å². The van der Waals surface area contributed by atoms with E-state index in [-0.39, 0.29) is 5.56 Å². The molecule has 0 aliphatic heterocycles. The first-order valence-electron chi connectivity index (χ1n) is 4.85. The van der Waals surface area contributed by atoms with E-state index >= 15 is 0 Å². The summed E-state index contributed by atoms with van der Waals surface area (Å²) in [7, 11) is 1.60. The van der Waals surface area contributed by atoms with Gasteiger partial charge in [-0.05, 0) is 28.1 Å². The van der Waals surface area contributed by atoms with Crippen molar-refractivity contribution in [2.45, 2.75) is 0 Å². The summed E-state index contributed by atoms with van der Waals surface area (Å²) in [6.07, 6.45) is 1.34. The molecule has 0 fully saturated rings. The van der Waals surface area contributed by atoms with Crippen LogP contribution in [0.3, 0.4) is 0 Å².